The fourth-order valence-corrected chi connectivity index (χ4v) is 7.79. The van der Waals surface area contributed by atoms with Crippen molar-refractivity contribution in [2.45, 2.75) is 264 Å². The van der Waals surface area contributed by atoms with Crippen LogP contribution in [-0.4, -0.2) is 37.2 Å². The van der Waals surface area contributed by atoms with E-state index in [1.165, 1.54) is 64.2 Å². The lowest BCUT2D eigenvalue weighted by Gasteiger charge is -2.18. The van der Waals surface area contributed by atoms with Crippen LogP contribution >= 0.6 is 0 Å². The predicted octanol–water partition coefficient (Wildman–Crippen LogP) is 20.0. The number of esters is 3. The molecule has 0 aromatic rings. The van der Waals surface area contributed by atoms with E-state index in [1.807, 2.05) is 0 Å². The molecule has 0 rings (SSSR count). The van der Waals surface area contributed by atoms with Gasteiger partial charge in [-0.3, -0.25) is 14.4 Å². The van der Waals surface area contributed by atoms with E-state index in [4.69, 9.17) is 14.2 Å². The summed E-state index contributed by atoms with van der Waals surface area (Å²) >= 11 is 0. The van der Waals surface area contributed by atoms with Crippen molar-refractivity contribution in [1.82, 2.24) is 0 Å². The van der Waals surface area contributed by atoms with Crippen LogP contribution in [0.2, 0.25) is 0 Å². The summed E-state index contributed by atoms with van der Waals surface area (Å²) in [5.74, 6) is -0.931. The molecule has 408 valence electrons. The van der Waals surface area contributed by atoms with E-state index >= 15 is 0 Å². The number of hydrogen-bond donors (Lipinski definition) is 0. The van der Waals surface area contributed by atoms with Gasteiger partial charge in [-0.15, -0.1) is 0 Å². The molecular weight excluding hydrogens is 889 g/mol. The van der Waals surface area contributed by atoms with Gasteiger partial charge in [-0.2, -0.15) is 0 Å². The summed E-state index contributed by atoms with van der Waals surface area (Å²) in [7, 11) is 0. The first kappa shape index (κ1) is 67.8. The van der Waals surface area contributed by atoms with Crippen LogP contribution in [0.5, 0.6) is 0 Å². The lowest BCUT2D eigenvalue weighted by atomic mass is 10.1. The fraction of sp³-hybridized carbons (Fsp3) is 0.652. The second-order valence-corrected chi connectivity index (χ2v) is 19.1. The quantitative estimate of drug-likeness (QED) is 0.0261. The second kappa shape index (κ2) is 59.4. The molecule has 0 saturated heterocycles. The maximum Gasteiger partial charge on any atom is 0.306 e. The SMILES string of the molecule is CC/C=C\C/C=C\C/C=C\C/C=C\CCCCCCCCCCC(=O)OCC(COC(=O)CCCCCCC/C=C\C/C=C\CCCC)OC(=O)CCCCCCCC/C=C\C/C=C\C/C=C\C/C=C\CC. The highest BCUT2D eigenvalue weighted by molar-refractivity contribution is 5.71. The highest BCUT2D eigenvalue weighted by Gasteiger charge is 2.19. The number of ether oxygens (including phenoxy) is 3. The van der Waals surface area contributed by atoms with Gasteiger partial charge in [-0.25, -0.2) is 0 Å². The van der Waals surface area contributed by atoms with Crippen LogP contribution in [0.1, 0.15) is 258 Å². The number of allylic oxidation sites excluding steroid dienone is 20. The third-order valence-corrected chi connectivity index (χ3v) is 12.2. The van der Waals surface area contributed by atoms with Crippen LogP contribution in [-0.2, 0) is 28.6 Å². The smallest absolute Gasteiger partial charge is 0.306 e. The molecule has 0 fully saturated rings. The van der Waals surface area contributed by atoms with Crippen LogP contribution in [0.4, 0.5) is 0 Å². The Morgan fingerprint density at radius 2 is 0.542 bits per heavy atom. The monoisotopic (exact) mass is 997 g/mol. The van der Waals surface area contributed by atoms with Gasteiger partial charge >= 0.3 is 17.9 Å². The molecule has 0 bridgehead atoms. The van der Waals surface area contributed by atoms with Gasteiger partial charge in [0.1, 0.15) is 13.2 Å². The molecule has 72 heavy (non-hydrogen) atoms. The molecule has 0 saturated carbocycles. The van der Waals surface area contributed by atoms with Gasteiger partial charge in [0.2, 0.25) is 0 Å². The molecule has 0 aromatic carbocycles. The largest absolute Gasteiger partial charge is 0.462 e. The molecule has 0 aromatic heterocycles. The predicted molar refractivity (Wildman–Crippen MR) is 311 cm³/mol. The number of hydrogen-bond acceptors (Lipinski definition) is 6. The maximum atomic E-state index is 12.9. The van der Waals surface area contributed by atoms with E-state index in [0.29, 0.717) is 19.3 Å². The molecule has 0 radical (unpaired) electrons. The minimum absolute atomic E-state index is 0.0956. The number of unbranched alkanes of at least 4 members (excludes halogenated alkanes) is 21. The molecule has 0 aliphatic rings. The zero-order chi connectivity index (χ0) is 52.2. The van der Waals surface area contributed by atoms with Crippen molar-refractivity contribution in [1.29, 1.82) is 0 Å². The van der Waals surface area contributed by atoms with Crippen molar-refractivity contribution in [3.63, 3.8) is 0 Å². The molecule has 1 unspecified atom stereocenters. The Morgan fingerprint density at radius 3 is 0.847 bits per heavy atom. The van der Waals surface area contributed by atoms with Crippen molar-refractivity contribution in [2.75, 3.05) is 13.2 Å². The summed E-state index contributed by atoms with van der Waals surface area (Å²) in [6.07, 6.45) is 81.8. The first-order valence-electron chi connectivity index (χ1n) is 29.5. The van der Waals surface area contributed by atoms with Gasteiger partial charge in [0.15, 0.2) is 6.10 Å². The number of carbonyl (C=O) groups is 3. The average molecular weight is 998 g/mol. The molecule has 0 aliphatic heterocycles. The lowest BCUT2D eigenvalue weighted by molar-refractivity contribution is -0.167. The number of rotatable bonds is 52. The molecule has 6 heteroatoms. The molecular formula is C66H108O6. The Morgan fingerprint density at radius 1 is 0.292 bits per heavy atom. The zero-order valence-corrected chi connectivity index (χ0v) is 46.7. The molecule has 1 atom stereocenters. The van der Waals surface area contributed by atoms with E-state index in [-0.39, 0.29) is 31.1 Å². The summed E-state index contributed by atoms with van der Waals surface area (Å²) in [5.41, 5.74) is 0. The van der Waals surface area contributed by atoms with Crippen molar-refractivity contribution < 1.29 is 28.6 Å². The topological polar surface area (TPSA) is 78.9 Å². The summed E-state index contributed by atoms with van der Waals surface area (Å²) in [6, 6.07) is 0. The minimum Gasteiger partial charge on any atom is -0.462 e. The van der Waals surface area contributed by atoms with Crippen LogP contribution < -0.4 is 0 Å². The van der Waals surface area contributed by atoms with Crippen LogP contribution in [0, 0.1) is 0 Å². The normalized spacial score (nSPS) is 13.0. The third kappa shape index (κ3) is 56.7. The molecule has 0 aliphatic carbocycles. The van der Waals surface area contributed by atoms with Crippen molar-refractivity contribution in [3.8, 4) is 0 Å². The van der Waals surface area contributed by atoms with E-state index in [0.717, 1.165) is 154 Å². The van der Waals surface area contributed by atoms with Gasteiger partial charge in [-0.05, 0) is 122 Å². The van der Waals surface area contributed by atoms with Crippen molar-refractivity contribution in [2.24, 2.45) is 0 Å². The fourth-order valence-electron chi connectivity index (χ4n) is 7.79. The molecule has 0 heterocycles. The molecule has 0 N–H and O–H groups in total. The van der Waals surface area contributed by atoms with Gasteiger partial charge in [0, 0.05) is 19.3 Å². The Bertz CT molecular complexity index is 1520. The Labute approximate surface area is 443 Å². The summed E-state index contributed by atoms with van der Waals surface area (Å²) in [4.78, 5) is 38.2. The zero-order valence-electron chi connectivity index (χ0n) is 46.7. The van der Waals surface area contributed by atoms with Gasteiger partial charge in [-0.1, -0.05) is 239 Å². The number of carbonyl (C=O) groups excluding carboxylic acids is 3. The summed E-state index contributed by atoms with van der Waals surface area (Å²) in [5, 5.41) is 0. The van der Waals surface area contributed by atoms with Gasteiger partial charge in [0.05, 0.1) is 0 Å². The lowest BCUT2D eigenvalue weighted by Crippen LogP contribution is -2.30. The highest BCUT2D eigenvalue weighted by atomic mass is 16.6. The standard InChI is InChI=1S/C66H108O6/c1-4-7-10-13-16-19-22-25-28-30-32-33-35-36-38-41-44-47-50-53-56-59-65(68)71-62-63(61-70-64(67)58-55-52-49-46-43-40-27-24-21-18-15-12-9-6-3)72-66(69)60-57-54-51-48-45-42-39-37-34-31-29-26-23-20-17-14-11-8-5-2/h7-8,10-11,15-20,24-29,32-34,37,63H,4-6,9,12-14,21-23,30-31,35-36,38-62H2,1-3H3/b10-7-,11-8-,18-15-,19-16-,20-17-,27-24-,28-25-,29-26-,33-32-,37-34-. The van der Waals surface area contributed by atoms with E-state index in [9.17, 15) is 14.4 Å². The summed E-state index contributed by atoms with van der Waals surface area (Å²) < 4.78 is 16.9. The van der Waals surface area contributed by atoms with E-state index in [2.05, 4.69) is 142 Å². The third-order valence-electron chi connectivity index (χ3n) is 12.2. The van der Waals surface area contributed by atoms with Crippen molar-refractivity contribution >= 4 is 17.9 Å². The minimum atomic E-state index is -0.799. The highest BCUT2D eigenvalue weighted by Crippen LogP contribution is 2.14. The van der Waals surface area contributed by atoms with Crippen LogP contribution in [0.3, 0.4) is 0 Å². The van der Waals surface area contributed by atoms with E-state index in [1.54, 1.807) is 0 Å². The van der Waals surface area contributed by atoms with Crippen LogP contribution in [0.25, 0.3) is 0 Å². The first-order valence-corrected chi connectivity index (χ1v) is 29.5. The Kier molecular flexibility index (Phi) is 55.9. The second-order valence-electron chi connectivity index (χ2n) is 19.1. The van der Waals surface area contributed by atoms with Gasteiger partial charge < -0.3 is 14.2 Å². The first-order chi connectivity index (χ1) is 35.5. The maximum absolute atomic E-state index is 12.9. The van der Waals surface area contributed by atoms with Gasteiger partial charge in [0.25, 0.3) is 0 Å². The molecule has 6 nitrogen and oxygen atoms in total. The molecule has 0 amide bonds. The van der Waals surface area contributed by atoms with Crippen molar-refractivity contribution in [3.05, 3.63) is 122 Å². The molecule has 0 spiro atoms. The Balaban J connectivity index is 4.44. The van der Waals surface area contributed by atoms with E-state index < -0.39 is 6.10 Å². The summed E-state index contributed by atoms with van der Waals surface area (Å²) in [6.45, 7) is 6.35. The average Bonchev–Trinajstić information content (AvgIpc) is 3.38. The Hall–Kier alpha value is -4.19. The van der Waals surface area contributed by atoms with Crippen LogP contribution in [0.15, 0.2) is 122 Å².